The molecular weight excluding hydrogens is 257 g/mol. The van der Waals surface area contributed by atoms with E-state index in [0.29, 0.717) is 6.04 Å². The number of benzene rings is 1. The molecule has 17 heavy (non-hydrogen) atoms. The van der Waals surface area contributed by atoms with Crippen molar-refractivity contribution in [2.75, 3.05) is 7.05 Å². The van der Waals surface area contributed by atoms with E-state index in [4.69, 9.17) is 0 Å². The van der Waals surface area contributed by atoms with E-state index in [9.17, 15) is 0 Å². The second-order valence-electron chi connectivity index (χ2n) is 4.01. The number of nitrogens with one attached hydrogen (secondary N) is 1. The van der Waals surface area contributed by atoms with Crippen molar-refractivity contribution < 1.29 is 0 Å². The van der Waals surface area contributed by atoms with Crippen molar-refractivity contribution in [3.8, 4) is 0 Å². The van der Waals surface area contributed by atoms with Gasteiger partial charge in [-0.05, 0) is 33.0 Å². The maximum atomic E-state index is 4.62. The van der Waals surface area contributed by atoms with Crippen molar-refractivity contribution in [1.29, 1.82) is 0 Å². The van der Waals surface area contributed by atoms with E-state index in [2.05, 4.69) is 46.9 Å². The van der Waals surface area contributed by atoms with Crippen LogP contribution in [0.5, 0.6) is 0 Å². The number of fused-ring (bicyclic) bond motifs is 1. The summed E-state index contributed by atoms with van der Waals surface area (Å²) in [5.41, 5.74) is 2.30. The Morgan fingerprint density at radius 3 is 2.47 bits per heavy atom. The van der Waals surface area contributed by atoms with Crippen LogP contribution in [0.1, 0.15) is 25.7 Å². The van der Waals surface area contributed by atoms with E-state index in [0.717, 1.165) is 17.9 Å². The number of aromatic nitrogens is 2. The fourth-order valence-electron chi connectivity index (χ4n) is 1.95. The molecule has 0 unspecified atom stereocenters. The van der Waals surface area contributed by atoms with Crippen LogP contribution in [0.15, 0.2) is 24.3 Å². The van der Waals surface area contributed by atoms with Gasteiger partial charge in [-0.15, -0.1) is 24.8 Å². The molecule has 3 nitrogen and oxygen atoms in total. The number of para-hydroxylation sites is 2. The molecule has 1 heterocycles. The molecule has 0 amide bonds. The monoisotopic (exact) mass is 275 g/mol. The van der Waals surface area contributed by atoms with Gasteiger partial charge < -0.3 is 9.88 Å². The van der Waals surface area contributed by atoms with Crippen LogP contribution in [0.4, 0.5) is 0 Å². The summed E-state index contributed by atoms with van der Waals surface area (Å²) in [7, 11) is 1.95. The molecule has 0 aliphatic heterocycles. The summed E-state index contributed by atoms with van der Waals surface area (Å²) in [5, 5.41) is 3.16. The Bertz CT molecular complexity index is 466. The lowest BCUT2D eigenvalue weighted by molar-refractivity contribution is 0.570. The summed E-state index contributed by atoms with van der Waals surface area (Å²) in [6.07, 6.45) is 0. The quantitative estimate of drug-likeness (QED) is 0.933. The summed E-state index contributed by atoms with van der Waals surface area (Å²) in [5.74, 6) is 1.11. The van der Waals surface area contributed by atoms with Gasteiger partial charge in [0.25, 0.3) is 0 Å². The number of imidazole rings is 1. The minimum absolute atomic E-state index is 0. The van der Waals surface area contributed by atoms with E-state index < -0.39 is 0 Å². The van der Waals surface area contributed by atoms with Crippen molar-refractivity contribution in [2.45, 2.75) is 26.4 Å². The van der Waals surface area contributed by atoms with Crippen LogP contribution in [-0.2, 0) is 6.54 Å². The lowest BCUT2D eigenvalue weighted by atomic mass is 10.3. The zero-order valence-corrected chi connectivity index (χ0v) is 11.9. The Kier molecular flexibility index (Phi) is 6.53. The molecular formula is C12H19Cl2N3. The highest BCUT2D eigenvalue weighted by Gasteiger charge is 2.11. The van der Waals surface area contributed by atoms with Gasteiger partial charge in [-0.25, -0.2) is 4.98 Å². The number of rotatable bonds is 3. The Labute approximate surface area is 114 Å². The Morgan fingerprint density at radius 2 is 1.88 bits per heavy atom. The third-order valence-corrected chi connectivity index (χ3v) is 2.52. The molecule has 96 valence electrons. The molecule has 2 rings (SSSR count). The standard InChI is InChI=1S/C12H17N3.2ClH/c1-9(2)15-11-7-5-4-6-10(11)14-12(15)8-13-3;;/h4-7,9,13H,8H2,1-3H3;2*1H. The number of nitrogens with zero attached hydrogens (tertiary/aromatic N) is 2. The molecule has 0 aliphatic carbocycles. The summed E-state index contributed by atoms with van der Waals surface area (Å²) < 4.78 is 2.28. The molecule has 0 fully saturated rings. The Balaban J connectivity index is 0.00000128. The molecule has 1 N–H and O–H groups in total. The molecule has 5 heteroatoms. The topological polar surface area (TPSA) is 29.9 Å². The van der Waals surface area contributed by atoms with Gasteiger partial charge in [0.05, 0.1) is 17.6 Å². The molecule has 0 bridgehead atoms. The third kappa shape index (κ3) is 3.12. The van der Waals surface area contributed by atoms with Gasteiger partial charge in [0.1, 0.15) is 5.82 Å². The average Bonchev–Trinajstić information content (AvgIpc) is 2.56. The van der Waals surface area contributed by atoms with Gasteiger partial charge in [0, 0.05) is 6.04 Å². The predicted octanol–water partition coefficient (Wildman–Crippen LogP) is 3.18. The van der Waals surface area contributed by atoms with Crippen LogP contribution in [-0.4, -0.2) is 16.6 Å². The first-order valence-electron chi connectivity index (χ1n) is 5.34. The fourth-order valence-corrected chi connectivity index (χ4v) is 1.95. The van der Waals surface area contributed by atoms with Crippen LogP contribution >= 0.6 is 24.8 Å². The maximum absolute atomic E-state index is 4.62. The van der Waals surface area contributed by atoms with E-state index in [-0.39, 0.29) is 24.8 Å². The lowest BCUT2D eigenvalue weighted by Gasteiger charge is -2.12. The van der Waals surface area contributed by atoms with Crippen molar-refractivity contribution in [3.63, 3.8) is 0 Å². The van der Waals surface area contributed by atoms with Crippen LogP contribution in [0.2, 0.25) is 0 Å². The summed E-state index contributed by atoms with van der Waals surface area (Å²) in [6, 6.07) is 8.73. The first kappa shape index (κ1) is 16.2. The summed E-state index contributed by atoms with van der Waals surface area (Å²) in [6.45, 7) is 5.19. The number of hydrogen-bond acceptors (Lipinski definition) is 2. The predicted molar refractivity (Wildman–Crippen MR) is 77.4 cm³/mol. The van der Waals surface area contributed by atoms with E-state index >= 15 is 0 Å². The smallest absolute Gasteiger partial charge is 0.124 e. The first-order chi connectivity index (χ1) is 7.24. The highest BCUT2D eigenvalue weighted by atomic mass is 35.5. The molecule has 0 atom stereocenters. The molecule has 1 aromatic heterocycles. The maximum Gasteiger partial charge on any atom is 0.124 e. The molecule has 0 saturated heterocycles. The zero-order valence-electron chi connectivity index (χ0n) is 10.3. The second-order valence-corrected chi connectivity index (χ2v) is 4.01. The minimum atomic E-state index is 0. The Hall–Kier alpha value is -0.770. The average molecular weight is 276 g/mol. The molecule has 0 aliphatic rings. The normalized spacial score (nSPS) is 10.1. The van der Waals surface area contributed by atoms with E-state index in [1.165, 1.54) is 5.52 Å². The van der Waals surface area contributed by atoms with Crippen molar-refractivity contribution in [3.05, 3.63) is 30.1 Å². The largest absolute Gasteiger partial charge is 0.324 e. The second kappa shape index (κ2) is 6.84. The first-order valence-corrected chi connectivity index (χ1v) is 5.34. The number of halogens is 2. The van der Waals surface area contributed by atoms with Crippen LogP contribution in [0.25, 0.3) is 11.0 Å². The molecule has 0 saturated carbocycles. The molecule has 1 aromatic carbocycles. The molecule has 0 spiro atoms. The third-order valence-electron chi connectivity index (χ3n) is 2.52. The van der Waals surface area contributed by atoms with Crippen LogP contribution in [0.3, 0.4) is 0 Å². The van der Waals surface area contributed by atoms with Crippen molar-refractivity contribution in [1.82, 2.24) is 14.9 Å². The van der Waals surface area contributed by atoms with Crippen LogP contribution in [0, 0.1) is 0 Å². The fraction of sp³-hybridized carbons (Fsp3) is 0.417. The highest BCUT2D eigenvalue weighted by molar-refractivity contribution is 5.85. The molecule has 2 aromatic rings. The summed E-state index contributed by atoms with van der Waals surface area (Å²) >= 11 is 0. The number of hydrogen-bond donors (Lipinski definition) is 1. The highest BCUT2D eigenvalue weighted by Crippen LogP contribution is 2.20. The van der Waals surface area contributed by atoms with Gasteiger partial charge in [-0.2, -0.15) is 0 Å². The van der Waals surface area contributed by atoms with Gasteiger partial charge in [0.2, 0.25) is 0 Å². The van der Waals surface area contributed by atoms with Crippen molar-refractivity contribution in [2.24, 2.45) is 0 Å². The Morgan fingerprint density at radius 1 is 1.24 bits per heavy atom. The van der Waals surface area contributed by atoms with E-state index in [1.54, 1.807) is 0 Å². The zero-order chi connectivity index (χ0) is 10.8. The van der Waals surface area contributed by atoms with Crippen molar-refractivity contribution >= 4 is 35.8 Å². The van der Waals surface area contributed by atoms with E-state index in [1.807, 2.05) is 13.1 Å². The van der Waals surface area contributed by atoms with Gasteiger partial charge >= 0.3 is 0 Å². The molecule has 0 radical (unpaired) electrons. The van der Waals surface area contributed by atoms with Gasteiger partial charge in [0.15, 0.2) is 0 Å². The van der Waals surface area contributed by atoms with Crippen LogP contribution < -0.4 is 5.32 Å². The SMILES string of the molecule is CNCc1nc2ccccc2n1C(C)C.Cl.Cl. The lowest BCUT2D eigenvalue weighted by Crippen LogP contribution is -2.13. The van der Waals surface area contributed by atoms with Gasteiger partial charge in [-0.1, -0.05) is 12.1 Å². The van der Waals surface area contributed by atoms with Gasteiger partial charge in [-0.3, -0.25) is 0 Å². The summed E-state index contributed by atoms with van der Waals surface area (Å²) in [4.78, 5) is 4.62. The minimum Gasteiger partial charge on any atom is -0.324 e.